The van der Waals surface area contributed by atoms with Crippen LogP contribution in [0, 0.1) is 0 Å². The molecular formula is C26H26N4O3. The Bertz CT molecular complexity index is 1180. The van der Waals surface area contributed by atoms with E-state index in [0.717, 1.165) is 19.3 Å². The first kappa shape index (κ1) is 21.1. The lowest BCUT2D eigenvalue weighted by atomic mass is 9.83. The summed E-state index contributed by atoms with van der Waals surface area (Å²) in [5.74, 6) is 0.385. The molecule has 0 bridgehead atoms. The molecule has 5 rings (SSSR count). The fourth-order valence-corrected chi connectivity index (χ4v) is 4.88. The Balaban J connectivity index is 1.17. The van der Waals surface area contributed by atoms with Crippen LogP contribution < -0.4 is 5.32 Å². The first-order valence-corrected chi connectivity index (χ1v) is 11.4. The number of aromatic nitrogens is 2. The summed E-state index contributed by atoms with van der Waals surface area (Å²) in [4.78, 5) is 43.4. The number of carbonyl (C=O) groups is 3. The maximum atomic E-state index is 12.7. The molecule has 2 aliphatic rings. The van der Waals surface area contributed by atoms with Crippen LogP contribution in [0.3, 0.4) is 0 Å². The molecular weight excluding hydrogens is 416 g/mol. The van der Waals surface area contributed by atoms with Gasteiger partial charge in [0.25, 0.3) is 11.8 Å². The number of rotatable bonds is 7. The lowest BCUT2D eigenvalue weighted by Gasteiger charge is -2.25. The molecule has 168 valence electrons. The molecule has 0 spiro atoms. The number of nitrogens with one attached hydrogen (secondary N) is 1. The minimum atomic E-state index is -0.279. The van der Waals surface area contributed by atoms with E-state index in [1.54, 1.807) is 41.2 Å². The molecule has 0 radical (unpaired) electrons. The van der Waals surface area contributed by atoms with Crippen LogP contribution >= 0.6 is 0 Å². The number of nitrogens with zero attached hydrogens (tertiary/aromatic N) is 3. The summed E-state index contributed by atoms with van der Waals surface area (Å²) < 4.78 is 1.78. The Morgan fingerprint density at radius 2 is 1.76 bits per heavy atom. The van der Waals surface area contributed by atoms with Crippen molar-refractivity contribution in [2.75, 3.05) is 13.1 Å². The van der Waals surface area contributed by atoms with Gasteiger partial charge in [0.2, 0.25) is 5.91 Å². The third-order valence-electron chi connectivity index (χ3n) is 6.59. The van der Waals surface area contributed by atoms with Gasteiger partial charge in [-0.05, 0) is 42.5 Å². The van der Waals surface area contributed by atoms with E-state index in [-0.39, 0.29) is 30.8 Å². The van der Waals surface area contributed by atoms with Gasteiger partial charge in [0.05, 0.1) is 11.1 Å². The molecule has 1 aliphatic carbocycles. The molecule has 0 saturated carbocycles. The number of imide groups is 1. The normalized spacial score (nSPS) is 17.1. The Labute approximate surface area is 192 Å². The molecule has 3 aromatic rings. The zero-order chi connectivity index (χ0) is 22.8. The van der Waals surface area contributed by atoms with Gasteiger partial charge in [-0.3, -0.25) is 19.3 Å². The summed E-state index contributed by atoms with van der Waals surface area (Å²) in [5.41, 5.74) is 3.60. The van der Waals surface area contributed by atoms with Crippen LogP contribution in [0.15, 0.2) is 60.9 Å². The van der Waals surface area contributed by atoms with Crippen molar-refractivity contribution in [3.63, 3.8) is 0 Å². The van der Waals surface area contributed by atoms with Crippen LogP contribution in [0.5, 0.6) is 0 Å². The smallest absolute Gasteiger partial charge is 0.261 e. The number of amides is 3. The molecule has 1 aliphatic heterocycles. The number of fused-ring (bicyclic) bond motifs is 2. The largest absolute Gasteiger partial charge is 0.354 e. The van der Waals surface area contributed by atoms with Crippen LogP contribution in [0.4, 0.5) is 0 Å². The molecule has 2 heterocycles. The number of imidazole rings is 1. The van der Waals surface area contributed by atoms with E-state index in [1.165, 1.54) is 16.0 Å². The fraction of sp³-hybridized carbons (Fsp3) is 0.308. The zero-order valence-corrected chi connectivity index (χ0v) is 18.4. The van der Waals surface area contributed by atoms with Gasteiger partial charge in [-0.25, -0.2) is 4.98 Å². The van der Waals surface area contributed by atoms with Crippen molar-refractivity contribution < 1.29 is 14.4 Å². The number of hydrogen-bond donors (Lipinski definition) is 1. The first-order valence-electron chi connectivity index (χ1n) is 11.4. The number of hydrogen-bond acceptors (Lipinski definition) is 4. The second-order valence-electron chi connectivity index (χ2n) is 8.62. The molecule has 0 unspecified atom stereocenters. The van der Waals surface area contributed by atoms with E-state index < -0.39 is 0 Å². The Kier molecular flexibility index (Phi) is 5.77. The number of carbonyl (C=O) groups excluding carboxylic acids is 3. The second kappa shape index (κ2) is 9.02. The summed E-state index contributed by atoms with van der Waals surface area (Å²) in [6.07, 6.45) is 7.11. The van der Waals surface area contributed by atoms with Crippen molar-refractivity contribution >= 4 is 17.7 Å². The van der Waals surface area contributed by atoms with Crippen LogP contribution in [0.2, 0.25) is 0 Å². The molecule has 7 nitrogen and oxygen atoms in total. The van der Waals surface area contributed by atoms with Crippen LogP contribution in [-0.2, 0) is 24.2 Å². The van der Waals surface area contributed by atoms with E-state index in [0.29, 0.717) is 35.8 Å². The van der Waals surface area contributed by atoms with Crippen molar-refractivity contribution in [1.29, 1.82) is 0 Å². The maximum Gasteiger partial charge on any atom is 0.261 e. The molecule has 3 amide bonds. The van der Waals surface area contributed by atoms with E-state index in [9.17, 15) is 14.4 Å². The standard InChI is InChI=1S/C26H26N4O3/c31-24(28-16-19-8-5-7-18-6-1-2-9-20(18)19)17-29-15-13-27-23(29)12-14-30-25(32)21-10-3-4-11-22(21)26(30)33/h1-4,6,9-11,13,15,19H,5,7-8,12,14,16-17H2,(H,28,31)/t19-/m0/s1. The topological polar surface area (TPSA) is 84.3 Å². The summed E-state index contributed by atoms with van der Waals surface area (Å²) in [6.45, 7) is 1.00. The highest BCUT2D eigenvalue weighted by Crippen LogP contribution is 2.30. The van der Waals surface area contributed by atoms with Crippen LogP contribution in [0.25, 0.3) is 0 Å². The highest BCUT2D eigenvalue weighted by Gasteiger charge is 2.34. The quantitative estimate of drug-likeness (QED) is 0.570. The lowest BCUT2D eigenvalue weighted by molar-refractivity contribution is -0.121. The van der Waals surface area contributed by atoms with E-state index in [1.807, 2.05) is 0 Å². The average molecular weight is 443 g/mol. The molecule has 1 N–H and O–H groups in total. The number of benzene rings is 2. The minimum Gasteiger partial charge on any atom is -0.354 e. The van der Waals surface area contributed by atoms with E-state index >= 15 is 0 Å². The fourth-order valence-electron chi connectivity index (χ4n) is 4.88. The molecule has 1 aromatic heterocycles. The van der Waals surface area contributed by atoms with E-state index in [4.69, 9.17) is 0 Å². The minimum absolute atomic E-state index is 0.0713. The van der Waals surface area contributed by atoms with Crippen molar-refractivity contribution in [3.8, 4) is 0 Å². The number of aryl methyl sites for hydroxylation is 1. The van der Waals surface area contributed by atoms with Gasteiger partial charge in [0.15, 0.2) is 0 Å². The Morgan fingerprint density at radius 3 is 2.55 bits per heavy atom. The molecule has 0 saturated heterocycles. The molecule has 1 atom stereocenters. The predicted molar refractivity (Wildman–Crippen MR) is 123 cm³/mol. The molecule has 0 fully saturated rings. The highest BCUT2D eigenvalue weighted by atomic mass is 16.2. The molecule has 33 heavy (non-hydrogen) atoms. The molecule has 2 aromatic carbocycles. The van der Waals surface area contributed by atoms with Gasteiger partial charge in [0.1, 0.15) is 12.4 Å². The van der Waals surface area contributed by atoms with Gasteiger partial charge in [0, 0.05) is 37.8 Å². The lowest BCUT2D eigenvalue weighted by Crippen LogP contribution is -2.34. The first-order chi connectivity index (χ1) is 16.1. The van der Waals surface area contributed by atoms with Gasteiger partial charge >= 0.3 is 0 Å². The van der Waals surface area contributed by atoms with Gasteiger partial charge in [-0.15, -0.1) is 0 Å². The van der Waals surface area contributed by atoms with Gasteiger partial charge < -0.3 is 9.88 Å². The van der Waals surface area contributed by atoms with Gasteiger partial charge in [-0.1, -0.05) is 36.4 Å². The Morgan fingerprint density at radius 1 is 1.03 bits per heavy atom. The predicted octanol–water partition coefficient (Wildman–Crippen LogP) is 2.96. The maximum absolute atomic E-state index is 12.7. The average Bonchev–Trinajstić information content (AvgIpc) is 3.38. The zero-order valence-electron chi connectivity index (χ0n) is 18.4. The van der Waals surface area contributed by atoms with Crippen molar-refractivity contribution in [2.24, 2.45) is 0 Å². The Hall–Kier alpha value is -3.74. The third kappa shape index (κ3) is 4.18. The second-order valence-corrected chi connectivity index (χ2v) is 8.62. The summed E-state index contributed by atoms with van der Waals surface area (Å²) >= 11 is 0. The van der Waals surface area contributed by atoms with Crippen LogP contribution in [0.1, 0.15) is 56.4 Å². The SMILES string of the molecule is O=C(Cn1ccnc1CCN1C(=O)c2ccccc2C1=O)NC[C@@H]1CCCc2ccccc21. The monoisotopic (exact) mass is 442 g/mol. The van der Waals surface area contributed by atoms with Gasteiger partial charge in [-0.2, -0.15) is 0 Å². The van der Waals surface area contributed by atoms with Crippen molar-refractivity contribution in [3.05, 3.63) is 89.0 Å². The summed E-state index contributed by atoms with van der Waals surface area (Å²) in [7, 11) is 0. The summed E-state index contributed by atoms with van der Waals surface area (Å²) in [5, 5.41) is 3.08. The molecule has 7 heteroatoms. The third-order valence-corrected chi connectivity index (χ3v) is 6.59. The van der Waals surface area contributed by atoms with Crippen molar-refractivity contribution in [1.82, 2.24) is 19.8 Å². The van der Waals surface area contributed by atoms with E-state index in [2.05, 4.69) is 34.6 Å². The highest BCUT2D eigenvalue weighted by molar-refractivity contribution is 6.21. The summed E-state index contributed by atoms with van der Waals surface area (Å²) in [6, 6.07) is 15.3. The van der Waals surface area contributed by atoms with Crippen LogP contribution in [-0.4, -0.2) is 45.3 Å². The van der Waals surface area contributed by atoms with Crippen molar-refractivity contribution in [2.45, 2.75) is 38.1 Å².